The highest BCUT2D eigenvalue weighted by Crippen LogP contribution is 2.64. The van der Waals surface area contributed by atoms with Gasteiger partial charge in [0.15, 0.2) is 0 Å². The van der Waals surface area contributed by atoms with E-state index in [0.29, 0.717) is 0 Å². The van der Waals surface area contributed by atoms with Crippen molar-refractivity contribution >= 4 is 33.7 Å². The van der Waals surface area contributed by atoms with E-state index in [4.69, 9.17) is 0 Å². The van der Waals surface area contributed by atoms with E-state index >= 15 is 0 Å². The molecule has 0 saturated carbocycles. The first-order chi connectivity index (χ1) is 11.3. The summed E-state index contributed by atoms with van der Waals surface area (Å²) in [6.07, 6.45) is 19.6. The number of rotatable bonds is 2. The van der Waals surface area contributed by atoms with Crippen molar-refractivity contribution in [3.05, 3.63) is 93.5 Å². The molecule has 0 spiro atoms. The molecule has 5 aliphatic rings. The summed E-state index contributed by atoms with van der Waals surface area (Å²) in [5, 5.41) is 1.01. The van der Waals surface area contributed by atoms with Gasteiger partial charge in [0.1, 0.15) is 0 Å². The Morgan fingerprint density at radius 2 is 1.83 bits per heavy atom. The molecule has 6 rings (SSSR count). The predicted octanol–water partition coefficient (Wildman–Crippen LogP) is 5.54. The molecular formula is C22H14Br+. The summed E-state index contributed by atoms with van der Waals surface area (Å²) in [4.78, 5) is 0. The fourth-order valence-corrected chi connectivity index (χ4v) is 5.71. The van der Waals surface area contributed by atoms with Gasteiger partial charge in [0.25, 0.3) is 0 Å². The summed E-state index contributed by atoms with van der Waals surface area (Å²) in [5.74, 6) is 1.38. The molecule has 108 valence electrons. The minimum Gasteiger partial charge on any atom is -0.0927 e. The van der Waals surface area contributed by atoms with Gasteiger partial charge in [-0.05, 0) is 29.7 Å². The molecule has 1 aromatic carbocycles. The summed E-state index contributed by atoms with van der Waals surface area (Å²) in [6.45, 7) is 0. The van der Waals surface area contributed by atoms with Crippen molar-refractivity contribution in [3.8, 4) is 0 Å². The number of halogens is 1. The Kier molecular flexibility index (Phi) is 2.11. The van der Waals surface area contributed by atoms with Crippen LogP contribution < -0.4 is 0 Å². The normalized spacial score (nSPS) is 26.7. The molecule has 0 amide bonds. The number of alkyl halides is 1. The van der Waals surface area contributed by atoms with Gasteiger partial charge in [-0.3, -0.25) is 0 Å². The van der Waals surface area contributed by atoms with Crippen LogP contribution in [0.2, 0.25) is 0 Å². The molecular weight excluding hydrogens is 344 g/mol. The van der Waals surface area contributed by atoms with E-state index in [1.807, 2.05) is 0 Å². The fourth-order valence-electron chi connectivity index (χ4n) is 5.11. The second-order valence-electron chi connectivity index (χ2n) is 6.79. The Morgan fingerprint density at radius 3 is 2.74 bits per heavy atom. The van der Waals surface area contributed by atoms with E-state index in [0.717, 1.165) is 11.8 Å². The number of allylic oxidation sites excluding steroid dienone is 10. The number of hydrogen-bond donors (Lipinski definition) is 0. The molecule has 0 heterocycles. The molecule has 23 heavy (non-hydrogen) atoms. The zero-order chi connectivity index (χ0) is 15.2. The average molecular weight is 358 g/mol. The molecule has 0 aromatic heterocycles. The van der Waals surface area contributed by atoms with Crippen molar-refractivity contribution in [2.45, 2.75) is 11.8 Å². The Bertz CT molecular complexity index is 977. The second-order valence-corrected chi connectivity index (χ2v) is 7.58. The molecule has 0 radical (unpaired) electrons. The summed E-state index contributed by atoms with van der Waals surface area (Å²) in [6, 6.07) is 4.59. The van der Waals surface area contributed by atoms with Crippen molar-refractivity contribution in [1.82, 2.24) is 0 Å². The van der Waals surface area contributed by atoms with Crippen molar-refractivity contribution in [2.24, 2.45) is 0 Å². The second kappa shape index (κ2) is 3.91. The summed E-state index contributed by atoms with van der Waals surface area (Å²) < 4.78 is 0. The third kappa shape index (κ3) is 1.22. The third-order valence-corrected chi connectivity index (χ3v) is 6.33. The lowest BCUT2D eigenvalue weighted by molar-refractivity contribution is 0.597. The SMILES string of the molecule is BrCCC12C3=CC=C4C=C[C+]5C=Cc6ccc(c1c6C5=C42)C=C3. The van der Waals surface area contributed by atoms with Crippen LogP contribution in [0.25, 0.3) is 17.7 Å². The van der Waals surface area contributed by atoms with Crippen LogP contribution in [0.5, 0.6) is 0 Å². The first-order valence-electron chi connectivity index (χ1n) is 8.17. The van der Waals surface area contributed by atoms with Crippen molar-refractivity contribution < 1.29 is 0 Å². The molecule has 1 aromatic rings. The van der Waals surface area contributed by atoms with Gasteiger partial charge in [0.2, 0.25) is 0 Å². The Balaban J connectivity index is 1.86. The predicted molar refractivity (Wildman–Crippen MR) is 100 cm³/mol. The zero-order valence-corrected chi connectivity index (χ0v) is 14.2. The van der Waals surface area contributed by atoms with Gasteiger partial charge >= 0.3 is 0 Å². The first-order valence-corrected chi connectivity index (χ1v) is 9.30. The standard InChI is InChI=1S/C22H14Br/c23-12-11-22-17-9-7-15-5-3-13-1-2-14-4-6-16(8-10-17)21(22)19(14)18(13)20(15)22/h1-10H,11-12H2/q+1. The largest absolute Gasteiger partial charge is 0.0940 e. The Hall–Kier alpha value is -1.99. The van der Waals surface area contributed by atoms with Crippen LogP contribution in [0, 0.1) is 5.92 Å². The minimum atomic E-state index is 0.0420. The monoisotopic (exact) mass is 357 g/mol. The van der Waals surface area contributed by atoms with E-state index in [1.165, 1.54) is 39.3 Å². The topological polar surface area (TPSA) is 0 Å². The maximum absolute atomic E-state index is 3.74. The van der Waals surface area contributed by atoms with Gasteiger partial charge in [-0.1, -0.05) is 40.2 Å². The smallest absolute Gasteiger partial charge is 0.0927 e. The molecule has 0 N–H and O–H groups in total. The first kappa shape index (κ1) is 12.4. The molecule has 0 fully saturated rings. The third-order valence-electron chi connectivity index (χ3n) is 5.93. The number of benzene rings is 1. The fraction of sp³-hybridized carbons (Fsp3) is 0.136. The molecule has 5 aliphatic carbocycles. The van der Waals surface area contributed by atoms with Gasteiger partial charge < -0.3 is 0 Å². The maximum Gasteiger partial charge on any atom is 0.0940 e. The van der Waals surface area contributed by atoms with Crippen LogP contribution in [-0.2, 0) is 5.41 Å². The average Bonchev–Trinajstić information content (AvgIpc) is 2.90. The van der Waals surface area contributed by atoms with E-state index in [9.17, 15) is 0 Å². The molecule has 0 saturated heterocycles. The molecule has 1 unspecified atom stereocenters. The van der Waals surface area contributed by atoms with Crippen LogP contribution in [0.3, 0.4) is 0 Å². The Morgan fingerprint density at radius 1 is 0.957 bits per heavy atom. The van der Waals surface area contributed by atoms with Crippen molar-refractivity contribution in [2.75, 3.05) is 5.33 Å². The summed E-state index contributed by atoms with van der Waals surface area (Å²) >= 11 is 3.74. The molecule has 0 nitrogen and oxygen atoms in total. The molecule has 0 bridgehead atoms. The molecule has 1 atom stereocenters. The lowest BCUT2D eigenvalue weighted by Gasteiger charge is -2.38. The van der Waals surface area contributed by atoms with Crippen LogP contribution in [0.1, 0.15) is 28.7 Å². The lowest BCUT2D eigenvalue weighted by Crippen LogP contribution is -2.34. The number of hydrogen-bond acceptors (Lipinski definition) is 0. The summed E-state index contributed by atoms with van der Waals surface area (Å²) in [5.41, 5.74) is 11.7. The van der Waals surface area contributed by atoms with Gasteiger partial charge in [-0.2, -0.15) is 0 Å². The Labute approximate surface area is 144 Å². The van der Waals surface area contributed by atoms with Gasteiger partial charge in [-0.25, -0.2) is 0 Å². The van der Waals surface area contributed by atoms with E-state index < -0.39 is 0 Å². The highest BCUT2D eigenvalue weighted by atomic mass is 79.9. The van der Waals surface area contributed by atoms with Crippen LogP contribution in [0.15, 0.2) is 65.3 Å². The van der Waals surface area contributed by atoms with E-state index in [1.54, 1.807) is 11.1 Å². The maximum atomic E-state index is 3.74. The van der Waals surface area contributed by atoms with Gasteiger partial charge in [0.05, 0.1) is 28.0 Å². The zero-order valence-electron chi connectivity index (χ0n) is 12.6. The highest BCUT2D eigenvalue weighted by molar-refractivity contribution is 9.09. The molecule has 1 heteroatoms. The summed E-state index contributed by atoms with van der Waals surface area (Å²) in [7, 11) is 0. The van der Waals surface area contributed by atoms with Crippen molar-refractivity contribution in [1.29, 1.82) is 0 Å². The van der Waals surface area contributed by atoms with E-state index in [-0.39, 0.29) is 5.41 Å². The quantitative estimate of drug-likeness (QED) is 0.481. The van der Waals surface area contributed by atoms with Crippen LogP contribution >= 0.6 is 15.9 Å². The minimum absolute atomic E-state index is 0.0420. The van der Waals surface area contributed by atoms with Crippen molar-refractivity contribution in [3.63, 3.8) is 0 Å². The highest BCUT2D eigenvalue weighted by Gasteiger charge is 2.57. The van der Waals surface area contributed by atoms with E-state index in [2.05, 4.69) is 76.7 Å². The van der Waals surface area contributed by atoms with Crippen LogP contribution in [-0.4, -0.2) is 5.33 Å². The lowest BCUT2D eigenvalue weighted by atomic mass is 9.61. The molecule has 0 aliphatic heterocycles. The van der Waals surface area contributed by atoms with Crippen LogP contribution in [0.4, 0.5) is 0 Å². The van der Waals surface area contributed by atoms with Gasteiger partial charge in [0, 0.05) is 46.3 Å². The van der Waals surface area contributed by atoms with Gasteiger partial charge in [-0.15, -0.1) is 0 Å².